The van der Waals surface area contributed by atoms with Crippen LogP contribution in [0.5, 0.6) is 5.75 Å². The highest BCUT2D eigenvalue weighted by Crippen LogP contribution is 2.17. The molecule has 92 valence electrons. The fraction of sp³-hybridized carbons (Fsp3) is 0.467. The molecule has 1 unspecified atom stereocenters. The number of nitrogens with one attached hydrogen (secondary N) is 1. The smallest absolute Gasteiger partial charge is 0.122 e. The van der Waals surface area contributed by atoms with Crippen LogP contribution < -0.4 is 10.1 Å². The van der Waals surface area contributed by atoms with Crippen molar-refractivity contribution in [1.29, 1.82) is 0 Å². The second-order valence-corrected chi connectivity index (χ2v) is 4.48. The highest BCUT2D eigenvalue weighted by molar-refractivity contribution is 5.33. The Hall–Kier alpha value is -1.28. The van der Waals surface area contributed by atoms with Gasteiger partial charge in [0.2, 0.25) is 0 Å². The Balaban J connectivity index is 1.81. The van der Waals surface area contributed by atoms with Gasteiger partial charge >= 0.3 is 0 Å². The van der Waals surface area contributed by atoms with E-state index >= 15 is 0 Å². The highest BCUT2D eigenvalue weighted by atomic mass is 16.5. The van der Waals surface area contributed by atoms with Crippen molar-refractivity contribution in [2.75, 3.05) is 13.7 Å². The lowest BCUT2D eigenvalue weighted by Crippen LogP contribution is -2.30. The maximum atomic E-state index is 5.35. The van der Waals surface area contributed by atoms with E-state index in [-0.39, 0.29) is 0 Å². The average Bonchev–Trinajstić information content (AvgIpc) is 2.40. The molecule has 0 aliphatic heterocycles. The zero-order valence-corrected chi connectivity index (χ0v) is 10.5. The Labute approximate surface area is 104 Å². The second-order valence-electron chi connectivity index (χ2n) is 4.48. The summed E-state index contributed by atoms with van der Waals surface area (Å²) in [5.74, 6) is 0.994. The molecule has 0 aromatic heterocycles. The van der Waals surface area contributed by atoms with Crippen molar-refractivity contribution < 1.29 is 4.74 Å². The first-order chi connectivity index (χ1) is 8.40. The monoisotopic (exact) mass is 231 g/mol. The molecule has 0 bridgehead atoms. The number of methoxy groups -OCH3 is 1. The van der Waals surface area contributed by atoms with Crippen molar-refractivity contribution in [2.24, 2.45) is 0 Å². The first kappa shape index (κ1) is 12.2. The quantitative estimate of drug-likeness (QED) is 0.787. The molecule has 1 N–H and O–H groups in total. The number of benzene rings is 1. The molecule has 2 nitrogen and oxygen atoms in total. The van der Waals surface area contributed by atoms with Crippen molar-refractivity contribution in [3.05, 3.63) is 42.0 Å². The van der Waals surface area contributed by atoms with Crippen LogP contribution in [0, 0.1) is 0 Å². The first-order valence-corrected chi connectivity index (χ1v) is 6.42. The van der Waals surface area contributed by atoms with Crippen LogP contribution in [0.1, 0.15) is 24.8 Å². The Bertz CT molecular complexity index is 373. The Morgan fingerprint density at radius 2 is 2.24 bits per heavy atom. The van der Waals surface area contributed by atoms with Gasteiger partial charge in [-0.2, -0.15) is 0 Å². The van der Waals surface area contributed by atoms with Gasteiger partial charge in [-0.25, -0.2) is 0 Å². The number of ether oxygens (including phenoxy) is 1. The van der Waals surface area contributed by atoms with Crippen LogP contribution in [0.2, 0.25) is 0 Å². The molecule has 1 aromatic rings. The first-order valence-electron chi connectivity index (χ1n) is 6.42. The van der Waals surface area contributed by atoms with Gasteiger partial charge in [-0.1, -0.05) is 30.4 Å². The predicted molar refractivity (Wildman–Crippen MR) is 71.5 cm³/mol. The number of rotatable bonds is 5. The molecule has 0 saturated carbocycles. The largest absolute Gasteiger partial charge is 0.496 e. The van der Waals surface area contributed by atoms with Crippen molar-refractivity contribution in [3.8, 4) is 5.75 Å². The van der Waals surface area contributed by atoms with Gasteiger partial charge in [0.05, 0.1) is 7.11 Å². The summed E-state index contributed by atoms with van der Waals surface area (Å²) in [5.41, 5.74) is 1.28. The summed E-state index contributed by atoms with van der Waals surface area (Å²) < 4.78 is 5.35. The van der Waals surface area contributed by atoms with E-state index in [1.807, 2.05) is 12.1 Å². The normalized spacial score (nSPS) is 19.2. The highest BCUT2D eigenvalue weighted by Gasteiger charge is 2.07. The van der Waals surface area contributed by atoms with Crippen LogP contribution in [0.4, 0.5) is 0 Å². The van der Waals surface area contributed by atoms with Crippen LogP contribution in [-0.4, -0.2) is 19.7 Å². The summed E-state index contributed by atoms with van der Waals surface area (Å²) >= 11 is 0. The van der Waals surface area contributed by atoms with E-state index in [1.165, 1.54) is 24.8 Å². The van der Waals surface area contributed by atoms with Crippen LogP contribution in [0.15, 0.2) is 36.4 Å². The number of allylic oxidation sites excluding steroid dienone is 1. The lowest BCUT2D eigenvalue weighted by atomic mass is 10.0. The summed E-state index contributed by atoms with van der Waals surface area (Å²) in [7, 11) is 1.73. The molecule has 0 radical (unpaired) electrons. The zero-order chi connectivity index (χ0) is 11.9. The molecule has 0 fully saturated rings. The summed E-state index contributed by atoms with van der Waals surface area (Å²) in [5, 5.41) is 3.58. The zero-order valence-electron chi connectivity index (χ0n) is 10.5. The molecule has 0 heterocycles. The van der Waals surface area contributed by atoms with Gasteiger partial charge in [-0.3, -0.25) is 0 Å². The third kappa shape index (κ3) is 3.60. The second kappa shape index (κ2) is 6.45. The molecule has 2 rings (SSSR count). The minimum atomic E-state index is 0.568. The fourth-order valence-corrected chi connectivity index (χ4v) is 2.28. The van der Waals surface area contributed by atoms with Crippen LogP contribution in [0.3, 0.4) is 0 Å². The van der Waals surface area contributed by atoms with E-state index < -0.39 is 0 Å². The lowest BCUT2D eigenvalue weighted by molar-refractivity contribution is 0.408. The Morgan fingerprint density at radius 1 is 1.35 bits per heavy atom. The van der Waals surface area contributed by atoms with Gasteiger partial charge in [0.1, 0.15) is 5.75 Å². The molecule has 1 aromatic carbocycles. The fourth-order valence-electron chi connectivity index (χ4n) is 2.28. The van der Waals surface area contributed by atoms with E-state index in [9.17, 15) is 0 Å². The van der Waals surface area contributed by atoms with Gasteiger partial charge < -0.3 is 10.1 Å². The van der Waals surface area contributed by atoms with Crippen LogP contribution in [0.25, 0.3) is 0 Å². The molecule has 1 aliphatic rings. The SMILES string of the molecule is COc1ccccc1CCNC1C=CCCC1. The number of para-hydroxylation sites is 1. The summed E-state index contributed by atoms with van der Waals surface area (Å²) in [6.07, 6.45) is 9.42. The summed E-state index contributed by atoms with van der Waals surface area (Å²) in [4.78, 5) is 0. The summed E-state index contributed by atoms with van der Waals surface area (Å²) in [6.45, 7) is 1.01. The molecule has 0 spiro atoms. The molecular weight excluding hydrogens is 210 g/mol. The van der Waals surface area contributed by atoms with Gasteiger partial charge in [-0.05, 0) is 43.9 Å². The molecule has 1 atom stereocenters. The lowest BCUT2D eigenvalue weighted by Gasteiger charge is -2.18. The number of hydrogen-bond acceptors (Lipinski definition) is 2. The van der Waals surface area contributed by atoms with Crippen molar-refractivity contribution in [2.45, 2.75) is 31.7 Å². The third-order valence-electron chi connectivity index (χ3n) is 3.25. The van der Waals surface area contributed by atoms with Gasteiger partial charge in [-0.15, -0.1) is 0 Å². The van der Waals surface area contributed by atoms with Crippen molar-refractivity contribution in [3.63, 3.8) is 0 Å². The van der Waals surface area contributed by atoms with Gasteiger partial charge in [0.25, 0.3) is 0 Å². The Morgan fingerprint density at radius 3 is 3.00 bits per heavy atom. The van der Waals surface area contributed by atoms with E-state index in [0.29, 0.717) is 6.04 Å². The number of hydrogen-bond donors (Lipinski definition) is 1. The van der Waals surface area contributed by atoms with Gasteiger partial charge in [0.15, 0.2) is 0 Å². The molecule has 2 heteroatoms. The van der Waals surface area contributed by atoms with E-state index in [1.54, 1.807) is 7.11 Å². The molecule has 0 saturated heterocycles. The van der Waals surface area contributed by atoms with E-state index in [2.05, 4.69) is 29.6 Å². The topological polar surface area (TPSA) is 21.3 Å². The minimum absolute atomic E-state index is 0.568. The molecule has 17 heavy (non-hydrogen) atoms. The predicted octanol–water partition coefficient (Wildman–Crippen LogP) is 2.94. The van der Waals surface area contributed by atoms with Crippen molar-refractivity contribution >= 4 is 0 Å². The van der Waals surface area contributed by atoms with Crippen LogP contribution in [-0.2, 0) is 6.42 Å². The van der Waals surface area contributed by atoms with E-state index in [0.717, 1.165) is 18.7 Å². The average molecular weight is 231 g/mol. The van der Waals surface area contributed by atoms with Crippen LogP contribution >= 0.6 is 0 Å². The Kier molecular flexibility index (Phi) is 4.63. The molecular formula is C15H21NO. The van der Waals surface area contributed by atoms with Gasteiger partial charge in [0, 0.05) is 6.04 Å². The maximum Gasteiger partial charge on any atom is 0.122 e. The molecule has 0 amide bonds. The maximum absolute atomic E-state index is 5.35. The van der Waals surface area contributed by atoms with E-state index in [4.69, 9.17) is 4.74 Å². The minimum Gasteiger partial charge on any atom is -0.496 e. The third-order valence-corrected chi connectivity index (χ3v) is 3.25. The molecule has 1 aliphatic carbocycles. The summed E-state index contributed by atoms with van der Waals surface area (Å²) in [6, 6.07) is 8.81. The standard InChI is InChI=1S/C15H21NO/c1-17-15-10-6-5-7-13(15)11-12-16-14-8-3-2-4-9-14/h3,5-8,10,14,16H,2,4,9,11-12H2,1H3. The van der Waals surface area contributed by atoms with Crippen molar-refractivity contribution in [1.82, 2.24) is 5.32 Å².